The lowest BCUT2D eigenvalue weighted by Gasteiger charge is -2.13. The summed E-state index contributed by atoms with van der Waals surface area (Å²) in [5.74, 6) is 0.213. The van der Waals surface area contributed by atoms with Crippen LogP contribution in [0.1, 0.15) is 0 Å². The highest BCUT2D eigenvalue weighted by atomic mass is 16.7. The number of nitro groups is 1. The van der Waals surface area contributed by atoms with Crippen molar-refractivity contribution in [2.75, 3.05) is 7.05 Å². The van der Waals surface area contributed by atoms with E-state index in [-0.39, 0.29) is 11.4 Å². The SMILES string of the molecule is CN(Oc1ccc([N+](=O)[O-])cc1)C(=O)O. The largest absolute Gasteiger partial charge is 0.463 e. The van der Waals surface area contributed by atoms with Crippen molar-refractivity contribution >= 4 is 11.8 Å². The van der Waals surface area contributed by atoms with E-state index in [4.69, 9.17) is 9.94 Å². The number of nitrogens with zero attached hydrogens (tertiary/aromatic N) is 2. The number of hydrogen-bond donors (Lipinski definition) is 1. The van der Waals surface area contributed by atoms with Crippen LogP contribution < -0.4 is 4.84 Å². The van der Waals surface area contributed by atoms with Gasteiger partial charge in [0.25, 0.3) is 5.69 Å². The molecule has 7 nitrogen and oxygen atoms in total. The first-order valence-corrected chi connectivity index (χ1v) is 3.90. The highest BCUT2D eigenvalue weighted by Gasteiger charge is 2.09. The Kier molecular flexibility index (Phi) is 3.06. The Morgan fingerprint density at radius 2 is 2.00 bits per heavy atom. The molecule has 0 saturated heterocycles. The van der Waals surface area contributed by atoms with Crippen molar-refractivity contribution in [3.8, 4) is 5.75 Å². The molecule has 0 heterocycles. The number of nitro benzene ring substituents is 1. The Morgan fingerprint density at radius 1 is 1.47 bits per heavy atom. The van der Waals surface area contributed by atoms with Gasteiger partial charge in [-0.2, -0.15) is 0 Å². The second-order valence-electron chi connectivity index (χ2n) is 2.62. The minimum absolute atomic E-state index is 0.0830. The van der Waals surface area contributed by atoms with E-state index in [1.54, 1.807) is 0 Å². The van der Waals surface area contributed by atoms with E-state index in [1.807, 2.05) is 0 Å². The second-order valence-corrected chi connectivity index (χ2v) is 2.62. The molecule has 0 spiro atoms. The predicted octanol–water partition coefficient (Wildman–Crippen LogP) is 1.50. The van der Waals surface area contributed by atoms with Crippen molar-refractivity contribution < 1.29 is 19.7 Å². The topological polar surface area (TPSA) is 92.9 Å². The molecule has 0 unspecified atom stereocenters. The summed E-state index contributed by atoms with van der Waals surface area (Å²) in [5, 5.41) is 19.4. The molecule has 0 saturated carbocycles. The molecule has 0 fully saturated rings. The van der Waals surface area contributed by atoms with Crippen LogP contribution in [0, 0.1) is 10.1 Å². The molecule has 0 aromatic heterocycles. The molecule has 7 heteroatoms. The van der Waals surface area contributed by atoms with E-state index in [2.05, 4.69) is 0 Å². The van der Waals surface area contributed by atoms with Gasteiger partial charge >= 0.3 is 6.09 Å². The highest BCUT2D eigenvalue weighted by molar-refractivity contribution is 5.63. The quantitative estimate of drug-likeness (QED) is 0.605. The van der Waals surface area contributed by atoms with Crippen molar-refractivity contribution in [3.05, 3.63) is 34.4 Å². The molecule has 80 valence electrons. The monoisotopic (exact) mass is 212 g/mol. The van der Waals surface area contributed by atoms with E-state index < -0.39 is 11.0 Å². The summed E-state index contributed by atoms with van der Waals surface area (Å²) in [4.78, 5) is 24.9. The van der Waals surface area contributed by atoms with Gasteiger partial charge in [0, 0.05) is 12.1 Å². The summed E-state index contributed by atoms with van der Waals surface area (Å²) in [6.45, 7) is 0. The molecule has 1 aromatic rings. The van der Waals surface area contributed by atoms with Crippen molar-refractivity contribution in [3.63, 3.8) is 0 Å². The first-order chi connectivity index (χ1) is 7.00. The maximum atomic E-state index is 10.4. The van der Waals surface area contributed by atoms with E-state index >= 15 is 0 Å². The molecule has 1 N–H and O–H groups in total. The van der Waals surface area contributed by atoms with Gasteiger partial charge in [-0.3, -0.25) is 10.1 Å². The molecule has 0 aliphatic rings. The molecule has 0 aliphatic carbocycles. The predicted molar refractivity (Wildman–Crippen MR) is 49.5 cm³/mol. The number of hydrogen-bond acceptors (Lipinski definition) is 4. The number of benzene rings is 1. The van der Waals surface area contributed by atoms with Gasteiger partial charge in [0.2, 0.25) is 0 Å². The zero-order valence-corrected chi connectivity index (χ0v) is 7.78. The Hall–Kier alpha value is -2.31. The van der Waals surface area contributed by atoms with Crippen LogP contribution in [0.3, 0.4) is 0 Å². The van der Waals surface area contributed by atoms with Gasteiger partial charge in [0.1, 0.15) is 0 Å². The Labute approximate surface area is 84.6 Å². The molecule has 15 heavy (non-hydrogen) atoms. The zero-order chi connectivity index (χ0) is 11.4. The first-order valence-electron chi connectivity index (χ1n) is 3.90. The fourth-order valence-electron chi connectivity index (χ4n) is 0.826. The van der Waals surface area contributed by atoms with Gasteiger partial charge in [0.15, 0.2) is 5.75 Å². The van der Waals surface area contributed by atoms with Gasteiger partial charge in [0.05, 0.1) is 12.0 Å². The molecule has 0 aliphatic heterocycles. The summed E-state index contributed by atoms with van der Waals surface area (Å²) in [7, 11) is 1.21. The molecule has 1 aromatic carbocycles. The number of carbonyl (C=O) groups is 1. The standard InChI is InChI=1S/C8H8N2O5/c1-9(8(11)12)15-7-4-2-6(3-5-7)10(13)14/h2-5H,1H3,(H,11,12). The van der Waals surface area contributed by atoms with E-state index in [0.29, 0.717) is 5.06 Å². The summed E-state index contributed by atoms with van der Waals surface area (Å²) < 4.78 is 0. The molecular weight excluding hydrogens is 204 g/mol. The van der Waals surface area contributed by atoms with Crippen molar-refractivity contribution in [1.29, 1.82) is 0 Å². The lowest BCUT2D eigenvalue weighted by molar-refractivity contribution is -0.384. The third kappa shape index (κ3) is 2.83. The molecular formula is C8H8N2O5. The minimum Gasteiger partial charge on any atom is -0.463 e. The molecule has 0 bridgehead atoms. The van der Waals surface area contributed by atoms with Crippen LogP contribution in [0.2, 0.25) is 0 Å². The average molecular weight is 212 g/mol. The Bertz CT molecular complexity index is 375. The van der Waals surface area contributed by atoms with E-state index in [1.165, 1.54) is 31.3 Å². The van der Waals surface area contributed by atoms with Gasteiger partial charge in [-0.1, -0.05) is 0 Å². The highest BCUT2D eigenvalue weighted by Crippen LogP contribution is 2.17. The Balaban J connectivity index is 2.72. The van der Waals surface area contributed by atoms with Crippen LogP contribution in [-0.4, -0.2) is 28.2 Å². The third-order valence-electron chi connectivity index (χ3n) is 1.56. The van der Waals surface area contributed by atoms with Crippen molar-refractivity contribution in [2.24, 2.45) is 0 Å². The summed E-state index contributed by atoms with van der Waals surface area (Å²) in [6, 6.07) is 5.09. The van der Waals surface area contributed by atoms with Gasteiger partial charge in [-0.15, -0.1) is 5.06 Å². The number of non-ortho nitro benzene ring substituents is 1. The van der Waals surface area contributed by atoms with Crippen LogP contribution in [0.4, 0.5) is 10.5 Å². The number of rotatable bonds is 3. The summed E-state index contributed by atoms with van der Waals surface area (Å²) in [5.41, 5.74) is -0.0830. The molecule has 0 radical (unpaired) electrons. The summed E-state index contributed by atoms with van der Waals surface area (Å²) in [6.07, 6.45) is -1.26. The van der Waals surface area contributed by atoms with Crippen molar-refractivity contribution in [1.82, 2.24) is 5.06 Å². The van der Waals surface area contributed by atoms with Crippen molar-refractivity contribution in [2.45, 2.75) is 0 Å². The lowest BCUT2D eigenvalue weighted by Crippen LogP contribution is -2.28. The zero-order valence-electron chi connectivity index (χ0n) is 7.78. The van der Waals surface area contributed by atoms with Crippen LogP contribution in [0.5, 0.6) is 5.75 Å². The smallest absolute Gasteiger partial charge is 0.440 e. The fraction of sp³-hybridized carbons (Fsp3) is 0.125. The second kappa shape index (κ2) is 4.27. The maximum Gasteiger partial charge on any atom is 0.440 e. The van der Waals surface area contributed by atoms with Gasteiger partial charge in [-0.05, 0) is 12.1 Å². The van der Waals surface area contributed by atoms with E-state index in [0.717, 1.165) is 0 Å². The number of hydroxylamine groups is 2. The molecule has 1 rings (SSSR count). The third-order valence-corrected chi connectivity index (χ3v) is 1.56. The minimum atomic E-state index is -1.26. The van der Waals surface area contributed by atoms with Crippen LogP contribution >= 0.6 is 0 Å². The normalized spacial score (nSPS) is 9.40. The first kappa shape index (κ1) is 10.8. The maximum absolute atomic E-state index is 10.4. The van der Waals surface area contributed by atoms with Crippen LogP contribution in [0.25, 0.3) is 0 Å². The van der Waals surface area contributed by atoms with Crippen LogP contribution in [-0.2, 0) is 0 Å². The molecule has 0 atom stereocenters. The fourth-order valence-corrected chi connectivity index (χ4v) is 0.826. The molecule has 1 amide bonds. The van der Waals surface area contributed by atoms with Gasteiger partial charge in [-0.25, -0.2) is 4.79 Å². The van der Waals surface area contributed by atoms with E-state index in [9.17, 15) is 14.9 Å². The van der Waals surface area contributed by atoms with Crippen LogP contribution in [0.15, 0.2) is 24.3 Å². The summed E-state index contributed by atoms with van der Waals surface area (Å²) >= 11 is 0. The number of carboxylic acid groups (broad SMARTS) is 1. The lowest BCUT2D eigenvalue weighted by atomic mass is 10.3. The Morgan fingerprint density at radius 3 is 2.40 bits per heavy atom. The van der Waals surface area contributed by atoms with Gasteiger partial charge < -0.3 is 9.94 Å². The number of amides is 1. The average Bonchev–Trinajstić information content (AvgIpc) is 2.18.